The Hall–Kier alpha value is -0.750. The number of hydrogen-bond acceptors (Lipinski definition) is 2. The summed E-state index contributed by atoms with van der Waals surface area (Å²) in [5, 5.41) is 0.613. The second-order valence-corrected chi connectivity index (χ2v) is 2.87. The molecule has 3 heteroatoms. The number of unbranched alkanes of at least 4 members (excludes halogenated alkanes) is 1. The van der Waals surface area contributed by atoms with Crippen LogP contribution >= 0.6 is 15.9 Å². The number of carbonyl (C=O) groups is 1. The van der Waals surface area contributed by atoms with E-state index in [1.807, 2.05) is 6.92 Å². The average molecular weight is 245 g/mol. The maximum Gasteiger partial charge on any atom is 0.331 e. The molecule has 0 aromatic rings. The number of rotatable bonds is 4. The van der Waals surface area contributed by atoms with E-state index in [-0.39, 0.29) is 5.97 Å². The summed E-state index contributed by atoms with van der Waals surface area (Å²) in [5.74, 6) is 5.10. The quantitative estimate of drug-likeness (QED) is 0.250. The molecule has 0 radical (unpaired) electrons. The second kappa shape index (κ2) is 9.34. The standard InChI is InChI=1S/C10H13BrO2/c1-2-3-9-13-10(12)7-5-4-6-8-11/h5,7H,2-3,8-9H2,1H3/b7-5+. The molecule has 2 nitrogen and oxygen atoms in total. The predicted molar refractivity (Wildman–Crippen MR) is 56.6 cm³/mol. The van der Waals surface area contributed by atoms with Gasteiger partial charge in [-0.1, -0.05) is 41.1 Å². The van der Waals surface area contributed by atoms with Gasteiger partial charge in [0.2, 0.25) is 0 Å². The van der Waals surface area contributed by atoms with Crippen molar-refractivity contribution in [2.24, 2.45) is 0 Å². The predicted octanol–water partition coefficient (Wildman–Crippen LogP) is 2.28. The van der Waals surface area contributed by atoms with Crippen LogP contribution in [0.4, 0.5) is 0 Å². The molecule has 0 fully saturated rings. The molecule has 0 aromatic carbocycles. The summed E-state index contributed by atoms with van der Waals surface area (Å²) < 4.78 is 4.86. The molecule has 0 aliphatic heterocycles. The monoisotopic (exact) mass is 244 g/mol. The summed E-state index contributed by atoms with van der Waals surface area (Å²) >= 11 is 3.14. The van der Waals surface area contributed by atoms with Crippen LogP contribution in [0.3, 0.4) is 0 Å². The van der Waals surface area contributed by atoms with E-state index in [1.54, 1.807) is 0 Å². The van der Waals surface area contributed by atoms with Crippen LogP contribution in [0, 0.1) is 11.8 Å². The summed E-state index contributed by atoms with van der Waals surface area (Å²) in [6.07, 6.45) is 4.77. The molecule has 0 aromatic heterocycles. The number of halogens is 1. The zero-order chi connectivity index (χ0) is 9.94. The summed E-state index contributed by atoms with van der Waals surface area (Å²) in [6.45, 7) is 2.54. The lowest BCUT2D eigenvalue weighted by Crippen LogP contribution is -2.01. The number of carbonyl (C=O) groups excluding carboxylic acids is 1. The first kappa shape index (κ1) is 12.2. The van der Waals surface area contributed by atoms with Crippen molar-refractivity contribution in [2.75, 3.05) is 11.9 Å². The van der Waals surface area contributed by atoms with Crippen molar-refractivity contribution in [1.82, 2.24) is 0 Å². The molecular weight excluding hydrogens is 232 g/mol. The molecule has 0 rings (SSSR count). The van der Waals surface area contributed by atoms with Crippen LogP contribution in [-0.2, 0) is 9.53 Å². The van der Waals surface area contributed by atoms with E-state index < -0.39 is 0 Å². The van der Waals surface area contributed by atoms with Crippen LogP contribution in [0.15, 0.2) is 12.2 Å². The molecule has 0 N–H and O–H groups in total. The molecule has 0 amide bonds. The van der Waals surface area contributed by atoms with Crippen molar-refractivity contribution in [2.45, 2.75) is 19.8 Å². The number of esters is 1. The highest BCUT2D eigenvalue weighted by atomic mass is 79.9. The Labute approximate surface area is 87.5 Å². The van der Waals surface area contributed by atoms with Crippen LogP contribution in [0.2, 0.25) is 0 Å². The molecule has 0 heterocycles. The average Bonchev–Trinajstić information content (AvgIpc) is 2.13. The fourth-order valence-electron chi connectivity index (χ4n) is 0.572. The van der Waals surface area contributed by atoms with Gasteiger partial charge in [0.1, 0.15) is 0 Å². The van der Waals surface area contributed by atoms with Crippen molar-refractivity contribution in [3.8, 4) is 11.8 Å². The molecule has 13 heavy (non-hydrogen) atoms. The maximum absolute atomic E-state index is 10.9. The lowest BCUT2D eigenvalue weighted by atomic mass is 10.4. The molecule has 72 valence electrons. The van der Waals surface area contributed by atoms with E-state index in [9.17, 15) is 4.79 Å². The molecule has 0 atom stereocenters. The lowest BCUT2D eigenvalue weighted by molar-refractivity contribution is -0.137. The molecule has 0 saturated heterocycles. The zero-order valence-corrected chi connectivity index (χ0v) is 9.26. The van der Waals surface area contributed by atoms with Gasteiger partial charge in [0.05, 0.1) is 11.9 Å². The number of alkyl halides is 1. The number of hydrogen-bond donors (Lipinski definition) is 0. The fraction of sp³-hybridized carbons (Fsp3) is 0.500. The summed E-state index contributed by atoms with van der Waals surface area (Å²) in [4.78, 5) is 10.9. The lowest BCUT2D eigenvalue weighted by Gasteiger charge is -1.97. The van der Waals surface area contributed by atoms with Crippen LogP contribution in [0.1, 0.15) is 19.8 Å². The summed E-state index contributed by atoms with van der Waals surface area (Å²) in [6, 6.07) is 0. The van der Waals surface area contributed by atoms with Gasteiger partial charge in [0.15, 0.2) is 0 Å². The largest absolute Gasteiger partial charge is 0.463 e. The van der Waals surface area contributed by atoms with Gasteiger partial charge in [0.25, 0.3) is 0 Å². The Morgan fingerprint density at radius 2 is 2.38 bits per heavy atom. The third-order valence-electron chi connectivity index (χ3n) is 1.21. The summed E-state index contributed by atoms with van der Waals surface area (Å²) in [5.41, 5.74) is 0. The van der Waals surface area contributed by atoms with Crippen molar-refractivity contribution >= 4 is 21.9 Å². The highest BCUT2D eigenvalue weighted by Gasteiger charge is 1.93. The minimum atomic E-state index is -0.322. The normalized spacial score (nSPS) is 9.38. The Morgan fingerprint density at radius 1 is 1.62 bits per heavy atom. The van der Waals surface area contributed by atoms with Gasteiger partial charge >= 0.3 is 5.97 Å². The second-order valence-electron chi connectivity index (χ2n) is 2.31. The smallest absolute Gasteiger partial charge is 0.331 e. The van der Waals surface area contributed by atoms with Crippen LogP contribution in [0.25, 0.3) is 0 Å². The fourth-order valence-corrected chi connectivity index (χ4v) is 0.734. The molecule has 0 aliphatic carbocycles. The van der Waals surface area contributed by atoms with Gasteiger partial charge in [-0.05, 0) is 12.5 Å². The van der Waals surface area contributed by atoms with E-state index in [4.69, 9.17) is 4.74 Å². The summed E-state index contributed by atoms with van der Waals surface area (Å²) in [7, 11) is 0. The zero-order valence-electron chi connectivity index (χ0n) is 7.68. The van der Waals surface area contributed by atoms with Crippen molar-refractivity contribution in [1.29, 1.82) is 0 Å². The van der Waals surface area contributed by atoms with Crippen molar-refractivity contribution in [3.63, 3.8) is 0 Å². The molecule has 0 saturated carbocycles. The van der Waals surface area contributed by atoms with Crippen LogP contribution in [0.5, 0.6) is 0 Å². The first-order chi connectivity index (χ1) is 6.31. The van der Waals surface area contributed by atoms with Crippen molar-refractivity contribution < 1.29 is 9.53 Å². The third kappa shape index (κ3) is 9.16. The SMILES string of the molecule is CCCCOC(=O)/C=C/C#CCBr. The van der Waals surface area contributed by atoms with Crippen LogP contribution < -0.4 is 0 Å². The topological polar surface area (TPSA) is 26.3 Å². The van der Waals surface area contributed by atoms with Crippen LogP contribution in [-0.4, -0.2) is 17.9 Å². The number of allylic oxidation sites excluding steroid dienone is 1. The van der Waals surface area contributed by atoms with E-state index in [2.05, 4.69) is 27.8 Å². The molecular formula is C10H13BrO2. The maximum atomic E-state index is 10.9. The number of ether oxygens (including phenoxy) is 1. The van der Waals surface area contributed by atoms with E-state index in [0.717, 1.165) is 12.8 Å². The van der Waals surface area contributed by atoms with Gasteiger partial charge in [0, 0.05) is 6.08 Å². The Bertz CT molecular complexity index is 223. The first-order valence-corrected chi connectivity index (χ1v) is 5.31. The molecule has 0 bridgehead atoms. The van der Waals surface area contributed by atoms with Crippen molar-refractivity contribution in [3.05, 3.63) is 12.2 Å². The van der Waals surface area contributed by atoms with Gasteiger partial charge in [-0.2, -0.15) is 0 Å². The molecule has 0 aliphatic rings. The highest BCUT2D eigenvalue weighted by Crippen LogP contribution is 1.89. The van der Waals surface area contributed by atoms with E-state index in [0.29, 0.717) is 11.9 Å². The Balaban J connectivity index is 3.55. The minimum absolute atomic E-state index is 0.322. The van der Waals surface area contributed by atoms with Gasteiger partial charge < -0.3 is 4.74 Å². The first-order valence-electron chi connectivity index (χ1n) is 4.19. The van der Waals surface area contributed by atoms with E-state index >= 15 is 0 Å². The van der Waals surface area contributed by atoms with Gasteiger partial charge in [-0.15, -0.1) is 0 Å². The van der Waals surface area contributed by atoms with Gasteiger partial charge in [-0.25, -0.2) is 4.79 Å². The van der Waals surface area contributed by atoms with Gasteiger partial charge in [-0.3, -0.25) is 0 Å². The molecule has 0 unspecified atom stereocenters. The minimum Gasteiger partial charge on any atom is -0.463 e. The Kier molecular flexibility index (Phi) is 8.80. The third-order valence-corrected chi connectivity index (χ3v) is 1.49. The highest BCUT2D eigenvalue weighted by molar-refractivity contribution is 9.09. The Morgan fingerprint density at radius 3 is 3.00 bits per heavy atom. The molecule has 0 spiro atoms. The van der Waals surface area contributed by atoms with E-state index in [1.165, 1.54) is 12.2 Å².